The second-order valence-corrected chi connectivity index (χ2v) is 2.70. The van der Waals surface area contributed by atoms with E-state index in [1.807, 2.05) is 18.2 Å². The maximum Gasteiger partial charge on any atom is 0.244 e. The molecule has 13 heavy (non-hydrogen) atoms. The van der Waals surface area contributed by atoms with Crippen molar-refractivity contribution in [1.29, 1.82) is 0 Å². The van der Waals surface area contributed by atoms with Crippen LogP contribution in [-0.2, 0) is 6.42 Å². The first-order chi connectivity index (χ1) is 6.40. The minimum absolute atomic E-state index is 0.579. The predicted molar refractivity (Wildman–Crippen MR) is 49.1 cm³/mol. The van der Waals surface area contributed by atoms with Gasteiger partial charge in [0, 0.05) is 5.69 Å². The third-order valence-corrected chi connectivity index (χ3v) is 1.82. The van der Waals surface area contributed by atoms with Gasteiger partial charge in [0.15, 0.2) is 0 Å². The van der Waals surface area contributed by atoms with E-state index >= 15 is 0 Å². The molecule has 0 atom stereocenters. The summed E-state index contributed by atoms with van der Waals surface area (Å²) in [5.74, 6) is 0.579. The van der Waals surface area contributed by atoms with E-state index in [4.69, 9.17) is 4.42 Å². The minimum Gasteiger partial charge on any atom is -0.443 e. The number of rotatable bonds is 2. The van der Waals surface area contributed by atoms with Gasteiger partial charge in [-0.2, -0.15) is 0 Å². The van der Waals surface area contributed by atoms with Crippen molar-refractivity contribution in [3.8, 4) is 11.6 Å². The Morgan fingerprint density at radius 3 is 3.00 bits per heavy atom. The second kappa shape index (κ2) is 3.39. The van der Waals surface area contributed by atoms with Crippen LogP contribution in [0.15, 0.2) is 35.1 Å². The zero-order chi connectivity index (χ0) is 9.10. The highest BCUT2D eigenvalue weighted by atomic mass is 16.3. The third-order valence-electron chi connectivity index (χ3n) is 1.82. The molecule has 0 aliphatic carbocycles. The molecule has 0 saturated heterocycles. The van der Waals surface area contributed by atoms with Gasteiger partial charge in [-0.1, -0.05) is 13.0 Å². The summed E-state index contributed by atoms with van der Waals surface area (Å²) in [5, 5.41) is 0. The van der Waals surface area contributed by atoms with Crippen LogP contribution < -0.4 is 0 Å². The number of aromatic nitrogens is 2. The lowest BCUT2D eigenvalue weighted by Crippen LogP contribution is -1.89. The zero-order valence-electron chi connectivity index (χ0n) is 7.40. The summed E-state index contributed by atoms with van der Waals surface area (Å²) in [5.41, 5.74) is 1.85. The van der Waals surface area contributed by atoms with Crippen molar-refractivity contribution in [2.75, 3.05) is 0 Å². The van der Waals surface area contributed by atoms with Crippen LogP contribution in [0.3, 0.4) is 0 Å². The zero-order valence-corrected chi connectivity index (χ0v) is 7.40. The number of aryl methyl sites for hydroxylation is 1. The fourth-order valence-corrected chi connectivity index (χ4v) is 1.15. The fourth-order valence-electron chi connectivity index (χ4n) is 1.15. The first-order valence-electron chi connectivity index (χ1n) is 4.26. The quantitative estimate of drug-likeness (QED) is 0.701. The van der Waals surface area contributed by atoms with Gasteiger partial charge in [0.05, 0.1) is 6.20 Å². The summed E-state index contributed by atoms with van der Waals surface area (Å²) in [6, 6.07) is 5.85. The summed E-state index contributed by atoms with van der Waals surface area (Å²) in [6.45, 7) is 2.07. The lowest BCUT2D eigenvalue weighted by atomic mass is 10.2. The maximum atomic E-state index is 5.15. The molecule has 0 spiro atoms. The summed E-state index contributed by atoms with van der Waals surface area (Å²) in [6.07, 6.45) is 4.10. The van der Waals surface area contributed by atoms with Gasteiger partial charge in [-0.15, -0.1) is 0 Å². The van der Waals surface area contributed by atoms with Crippen LogP contribution in [0.2, 0.25) is 0 Å². The number of hydrogen-bond donors (Lipinski definition) is 0. The average molecular weight is 174 g/mol. The summed E-state index contributed by atoms with van der Waals surface area (Å²) >= 11 is 0. The van der Waals surface area contributed by atoms with E-state index in [1.54, 1.807) is 12.5 Å². The van der Waals surface area contributed by atoms with E-state index in [0.29, 0.717) is 5.89 Å². The predicted octanol–water partition coefficient (Wildman–Crippen LogP) is 2.30. The first kappa shape index (κ1) is 7.98. The molecule has 0 aliphatic heterocycles. The molecule has 0 saturated carbocycles. The van der Waals surface area contributed by atoms with Crippen molar-refractivity contribution in [1.82, 2.24) is 9.97 Å². The molecule has 0 amide bonds. The number of nitrogens with zero attached hydrogens (tertiary/aromatic N) is 2. The van der Waals surface area contributed by atoms with Gasteiger partial charge in [0.25, 0.3) is 0 Å². The summed E-state index contributed by atoms with van der Waals surface area (Å²) in [7, 11) is 0. The average Bonchev–Trinajstić information content (AvgIpc) is 2.71. The van der Waals surface area contributed by atoms with Gasteiger partial charge in [-0.3, -0.25) is 0 Å². The molecule has 2 rings (SSSR count). The molecule has 2 aromatic heterocycles. The van der Waals surface area contributed by atoms with E-state index in [9.17, 15) is 0 Å². The Morgan fingerprint density at radius 2 is 2.31 bits per heavy atom. The lowest BCUT2D eigenvalue weighted by molar-refractivity contribution is 0.571. The molecule has 2 heterocycles. The van der Waals surface area contributed by atoms with Crippen LogP contribution in [0.25, 0.3) is 11.6 Å². The van der Waals surface area contributed by atoms with Crippen LogP contribution in [0.1, 0.15) is 12.6 Å². The molecule has 3 heteroatoms. The van der Waals surface area contributed by atoms with Crippen molar-refractivity contribution in [3.63, 3.8) is 0 Å². The number of pyridine rings is 1. The molecule has 0 aliphatic rings. The molecule has 3 nitrogen and oxygen atoms in total. The largest absolute Gasteiger partial charge is 0.443 e. The van der Waals surface area contributed by atoms with E-state index in [1.165, 1.54) is 0 Å². The first-order valence-corrected chi connectivity index (χ1v) is 4.26. The van der Waals surface area contributed by atoms with Crippen molar-refractivity contribution in [2.24, 2.45) is 0 Å². The number of hydrogen-bond acceptors (Lipinski definition) is 3. The van der Waals surface area contributed by atoms with Crippen molar-refractivity contribution >= 4 is 0 Å². The van der Waals surface area contributed by atoms with E-state index in [-0.39, 0.29) is 0 Å². The topological polar surface area (TPSA) is 38.9 Å². The molecular formula is C10H10N2O. The molecular weight excluding hydrogens is 164 g/mol. The normalized spacial score (nSPS) is 10.2. The number of oxazole rings is 1. The fraction of sp³-hybridized carbons (Fsp3) is 0.200. The minimum atomic E-state index is 0.579. The molecule has 0 N–H and O–H groups in total. The SMILES string of the molecule is CCc1cccc(-c2ncco2)n1. The van der Waals surface area contributed by atoms with Gasteiger partial charge < -0.3 is 4.42 Å². The highest BCUT2D eigenvalue weighted by molar-refractivity contribution is 5.46. The molecule has 0 fully saturated rings. The van der Waals surface area contributed by atoms with Crippen LogP contribution in [0, 0.1) is 0 Å². The van der Waals surface area contributed by atoms with Crippen LogP contribution in [0.5, 0.6) is 0 Å². The molecule has 0 bridgehead atoms. The Morgan fingerprint density at radius 1 is 1.38 bits per heavy atom. The summed E-state index contributed by atoms with van der Waals surface area (Å²) < 4.78 is 5.15. The monoisotopic (exact) mass is 174 g/mol. The third kappa shape index (κ3) is 1.59. The van der Waals surface area contributed by atoms with Crippen molar-refractivity contribution in [2.45, 2.75) is 13.3 Å². The van der Waals surface area contributed by atoms with E-state index in [2.05, 4.69) is 16.9 Å². The van der Waals surface area contributed by atoms with Gasteiger partial charge in [0.1, 0.15) is 12.0 Å². The molecule has 0 aromatic carbocycles. The molecule has 0 unspecified atom stereocenters. The summed E-state index contributed by atoms with van der Waals surface area (Å²) in [4.78, 5) is 8.41. The Hall–Kier alpha value is -1.64. The molecule has 66 valence electrons. The Kier molecular flexibility index (Phi) is 2.08. The van der Waals surface area contributed by atoms with Gasteiger partial charge >= 0.3 is 0 Å². The molecule has 2 aromatic rings. The Bertz CT molecular complexity index is 382. The standard InChI is InChI=1S/C10H10N2O/c1-2-8-4-3-5-9(12-8)10-11-6-7-13-10/h3-7H,2H2,1H3. The van der Waals surface area contributed by atoms with Crippen LogP contribution in [0.4, 0.5) is 0 Å². The Labute approximate surface area is 76.5 Å². The van der Waals surface area contributed by atoms with E-state index in [0.717, 1.165) is 17.8 Å². The van der Waals surface area contributed by atoms with Gasteiger partial charge in [-0.05, 0) is 18.6 Å². The second-order valence-electron chi connectivity index (χ2n) is 2.70. The molecule has 0 radical (unpaired) electrons. The van der Waals surface area contributed by atoms with Gasteiger partial charge in [0.2, 0.25) is 5.89 Å². The lowest BCUT2D eigenvalue weighted by Gasteiger charge is -1.97. The maximum absolute atomic E-state index is 5.15. The van der Waals surface area contributed by atoms with E-state index < -0.39 is 0 Å². The van der Waals surface area contributed by atoms with Crippen LogP contribution >= 0.6 is 0 Å². The smallest absolute Gasteiger partial charge is 0.244 e. The highest BCUT2D eigenvalue weighted by Crippen LogP contribution is 2.14. The Balaban J connectivity index is 2.41. The highest BCUT2D eigenvalue weighted by Gasteiger charge is 2.03. The van der Waals surface area contributed by atoms with Crippen LogP contribution in [-0.4, -0.2) is 9.97 Å². The van der Waals surface area contributed by atoms with Crippen molar-refractivity contribution in [3.05, 3.63) is 36.4 Å². The van der Waals surface area contributed by atoms with Crippen molar-refractivity contribution < 1.29 is 4.42 Å². The van der Waals surface area contributed by atoms with Gasteiger partial charge in [-0.25, -0.2) is 9.97 Å².